The van der Waals surface area contributed by atoms with Gasteiger partial charge in [-0.1, -0.05) is 91.0 Å². The second-order valence-corrected chi connectivity index (χ2v) is 9.52. The van der Waals surface area contributed by atoms with Crippen molar-refractivity contribution >= 4 is 24.1 Å². The highest BCUT2D eigenvalue weighted by atomic mass is 16.6. The van der Waals surface area contributed by atoms with E-state index in [1.165, 1.54) is 19.6 Å². The number of hydrogen-bond acceptors (Lipinski definition) is 8. The van der Waals surface area contributed by atoms with Crippen LogP contribution >= 0.6 is 0 Å². The Hall–Kier alpha value is -5.45. The monoisotopic (exact) mass is 584 g/mol. The number of H-pyrrole nitrogens is 1. The van der Waals surface area contributed by atoms with Gasteiger partial charge in [-0.3, -0.25) is 4.79 Å². The Morgan fingerprint density at radius 1 is 0.767 bits per heavy atom. The Kier molecular flexibility index (Phi) is 11.0. The number of amides is 3. The first-order chi connectivity index (χ1) is 20.9. The lowest BCUT2D eigenvalue weighted by Gasteiger charge is -2.29. The summed E-state index contributed by atoms with van der Waals surface area (Å²) in [4.78, 5) is 61.1. The number of carbonyl (C=O) groups is 4. The predicted molar refractivity (Wildman–Crippen MR) is 155 cm³/mol. The van der Waals surface area contributed by atoms with Crippen LogP contribution in [-0.2, 0) is 49.9 Å². The van der Waals surface area contributed by atoms with E-state index in [4.69, 9.17) is 14.2 Å². The van der Waals surface area contributed by atoms with Crippen molar-refractivity contribution in [2.24, 2.45) is 0 Å². The van der Waals surface area contributed by atoms with Gasteiger partial charge in [0.25, 0.3) is 0 Å². The molecule has 0 unspecified atom stereocenters. The van der Waals surface area contributed by atoms with E-state index in [0.717, 1.165) is 5.56 Å². The van der Waals surface area contributed by atoms with E-state index in [1.807, 2.05) is 18.2 Å². The van der Waals surface area contributed by atoms with E-state index >= 15 is 0 Å². The number of rotatable bonds is 12. The van der Waals surface area contributed by atoms with Gasteiger partial charge in [0, 0.05) is 24.7 Å². The van der Waals surface area contributed by atoms with Crippen LogP contribution in [0.3, 0.4) is 0 Å². The van der Waals surface area contributed by atoms with Gasteiger partial charge in [-0.15, -0.1) is 0 Å². The molecular weight excluding hydrogens is 552 g/mol. The highest BCUT2D eigenvalue weighted by Crippen LogP contribution is 2.16. The number of imide groups is 1. The second kappa shape index (κ2) is 15.5. The zero-order valence-corrected chi connectivity index (χ0v) is 23.6. The SMILES string of the molecule is COC(=O)[C@H](Cc1ccccc1)NC(=O)[C@@H](Cc1cnc[nH]1)N(C(=O)OCc1ccccc1)C(=O)OCc1ccccc1. The molecule has 1 aromatic heterocycles. The molecule has 0 aliphatic heterocycles. The van der Waals surface area contributed by atoms with Gasteiger partial charge in [0.1, 0.15) is 25.3 Å². The van der Waals surface area contributed by atoms with Gasteiger partial charge in [0.05, 0.1) is 13.4 Å². The number of ether oxygens (including phenoxy) is 3. The topological polar surface area (TPSA) is 140 Å². The molecule has 222 valence electrons. The molecule has 0 radical (unpaired) electrons. The number of imidazole rings is 1. The normalized spacial score (nSPS) is 11.9. The van der Waals surface area contributed by atoms with E-state index in [0.29, 0.717) is 21.7 Å². The molecule has 0 fully saturated rings. The van der Waals surface area contributed by atoms with Crippen LogP contribution < -0.4 is 5.32 Å². The van der Waals surface area contributed by atoms with Crippen molar-refractivity contribution in [3.8, 4) is 0 Å². The molecule has 0 bridgehead atoms. The maximum atomic E-state index is 13.9. The van der Waals surface area contributed by atoms with Crippen molar-refractivity contribution < 1.29 is 33.4 Å². The maximum absolute atomic E-state index is 13.9. The van der Waals surface area contributed by atoms with Crippen LogP contribution in [0, 0.1) is 0 Å². The van der Waals surface area contributed by atoms with E-state index in [2.05, 4.69) is 15.3 Å². The molecule has 0 aliphatic carbocycles. The van der Waals surface area contributed by atoms with Crippen molar-refractivity contribution in [2.45, 2.75) is 38.1 Å². The van der Waals surface area contributed by atoms with E-state index < -0.39 is 36.1 Å². The Morgan fingerprint density at radius 2 is 1.28 bits per heavy atom. The fraction of sp³-hybridized carbons (Fsp3) is 0.219. The summed E-state index contributed by atoms with van der Waals surface area (Å²) in [6.07, 6.45) is 0.630. The van der Waals surface area contributed by atoms with Crippen molar-refractivity contribution in [1.29, 1.82) is 0 Å². The van der Waals surface area contributed by atoms with Gasteiger partial charge in [-0.25, -0.2) is 19.4 Å². The lowest BCUT2D eigenvalue weighted by Crippen LogP contribution is -2.56. The number of nitrogens with one attached hydrogen (secondary N) is 2. The first-order valence-corrected chi connectivity index (χ1v) is 13.5. The Balaban J connectivity index is 1.62. The summed E-state index contributed by atoms with van der Waals surface area (Å²) < 4.78 is 15.9. The smallest absolute Gasteiger partial charge is 0.420 e. The zero-order valence-electron chi connectivity index (χ0n) is 23.6. The van der Waals surface area contributed by atoms with Crippen molar-refractivity contribution in [3.63, 3.8) is 0 Å². The number of nitrogens with zero attached hydrogens (tertiary/aromatic N) is 2. The van der Waals surface area contributed by atoms with Crippen LogP contribution in [0.15, 0.2) is 104 Å². The minimum absolute atomic E-state index is 0.118. The first kappa shape index (κ1) is 30.5. The summed E-state index contributed by atoms with van der Waals surface area (Å²) >= 11 is 0. The summed E-state index contributed by atoms with van der Waals surface area (Å²) in [7, 11) is 1.21. The van der Waals surface area contributed by atoms with Gasteiger partial charge < -0.3 is 24.5 Å². The third-order valence-corrected chi connectivity index (χ3v) is 6.47. The van der Waals surface area contributed by atoms with Crippen molar-refractivity contribution in [3.05, 3.63) is 126 Å². The van der Waals surface area contributed by atoms with Gasteiger partial charge >= 0.3 is 18.2 Å². The molecule has 0 saturated carbocycles. The number of carbonyl (C=O) groups excluding carboxylic acids is 4. The molecule has 3 amide bonds. The summed E-state index contributed by atoms with van der Waals surface area (Å²) in [5.41, 5.74) is 2.58. The molecule has 2 atom stereocenters. The molecule has 11 heteroatoms. The third-order valence-electron chi connectivity index (χ3n) is 6.47. The molecule has 43 heavy (non-hydrogen) atoms. The van der Waals surface area contributed by atoms with Crippen LogP contribution in [0.1, 0.15) is 22.4 Å². The number of methoxy groups -OCH3 is 1. The van der Waals surface area contributed by atoms with Crippen molar-refractivity contribution in [1.82, 2.24) is 20.2 Å². The van der Waals surface area contributed by atoms with E-state index in [9.17, 15) is 19.2 Å². The van der Waals surface area contributed by atoms with Crippen LogP contribution in [0.2, 0.25) is 0 Å². The first-order valence-electron chi connectivity index (χ1n) is 13.5. The van der Waals surface area contributed by atoms with E-state index in [1.54, 1.807) is 72.8 Å². The van der Waals surface area contributed by atoms with Gasteiger partial charge in [0.2, 0.25) is 5.91 Å². The zero-order chi connectivity index (χ0) is 30.4. The number of benzene rings is 3. The van der Waals surface area contributed by atoms with Crippen molar-refractivity contribution in [2.75, 3.05) is 7.11 Å². The Bertz CT molecular complexity index is 1410. The Morgan fingerprint density at radius 3 is 1.74 bits per heavy atom. The van der Waals surface area contributed by atoms with Gasteiger partial charge in [0.15, 0.2) is 0 Å². The molecule has 2 N–H and O–H groups in total. The number of aromatic nitrogens is 2. The predicted octanol–water partition coefficient (Wildman–Crippen LogP) is 4.20. The fourth-order valence-electron chi connectivity index (χ4n) is 4.27. The van der Waals surface area contributed by atoms with Gasteiger partial charge in [-0.05, 0) is 16.7 Å². The van der Waals surface area contributed by atoms with Crippen LogP contribution in [0.25, 0.3) is 0 Å². The van der Waals surface area contributed by atoms with Crippen LogP contribution in [-0.4, -0.2) is 58.1 Å². The molecule has 1 heterocycles. The largest absolute Gasteiger partial charge is 0.467 e. The molecule has 0 spiro atoms. The summed E-state index contributed by atoms with van der Waals surface area (Å²) in [6.45, 7) is -0.307. The minimum atomic E-state index is -1.48. The number of hydrogen-bond donors (Lipinski definition) is 2. The maximum Gasteiger partial charge on any atom is 0.420 e. The molecule has 0 aliphatic rings. The standard InChI is InChI=1S/C32H32N4O7/c1-41-30(38)27(17-23-11-5-2-6-12-23)35-29(37)28(18-26-19-33-22-34-26)36(31(39)42-20-24-13-7-3-8-14-24)32(40)43-21-25-15-9-4-10-16-25/h2-16,19,22,27-28H,17-18,20-21H2,1H3,(H,33,34)(H,35,37)/t27-,28+/m0/s1. The second-order valence-electron chi connectivity index (χ2n) is 9.52. The average molecular weight is 585 g/mol. The molecule has 11 nitrogen and oxygen atoms in total. The molecular formula is C32H32N4O7. The lowest BCUT2D eigenvalue weighted by atomic mass is 10.0. The Labute approximate surface area is 248 Å². The summed E-state index contributed by atoms with van der Waals surface area (Å²) in [5.74, 6) is -1.49. The fourth-order valence-corrected chi connectivity index (χ4v) is 4.27. The molecule has 4 rings (SSSR count). The molecule has 3 aromatic carbocycles. The number of aromatic amines is 1. The number of esters is 1. The summed E-state index contributed by atoms with van der Waals surface area (Å²) in [6, 6.07) is 24.2. The van der Waals surface area contributed by atoms with Crippen LogP contribution in [0.5, 0.6) is 0 Å². The quantitative estimate of drug-likeness (QED) is 0.187. The minimum Gasteiger partial charge on any atom is -0.467 e. The molecule has 0 saturated heterocycles. The average Bonchev–Trinajstić information content (AvgIpc) is 3.56. The highest BCUT2D eigenvalue weighted by molar-refractivity contribution is 5.96. The van der Waals surface area contributed by atoms with Gasteiger partial charge in [-0.2, -0.15) is 4.90 Å². The van der Waals surface area contributed by atoms with E-state index in [-0.39, 0.29) is 26.1 Å². The third kappa shape index (κ3) is 9.02. The van der Waals surface area contributed by atoms with Crippen LogP contribution in [0.4, 0.5) is 9.59 Å². The lowest BCUT2D eigenvalue weighted by molar-refractivity contribution is -0.145. The highest BCUT2D eigenvalue weighted by Gasteiger charge is 2.39. The molecule has 4 aromatic rings. The summed E-state index contributed by atoms with van der Waals surface area (Å²) in [5, 5.41) is 2.66.